The van der Waals surface area contributed by atoms with Crippen LogP contribution in [0.4, 0.5) is 0 Å². The molecule has 0 saturated heterocycles. The topological polar surface area (TPSA) is 52.1 Å². The molecular weight excluding hydrogens is 588 g/mol. The molecule has 8 aromatic carbocycles. The first kappa shape index (κ1) is 25.6. The van der Waals surface area contributed by atoms with Gasteiger partial charge in [0.2, 0.25) is 0 Å². The van der Waals surface area contributed by atoms with Gasteiger partial charge in [0.05, 0.1) is 28.5 Å². The zero-order valence-electron chi connectivity index (χ0n) is 25.6. The van der Waals surface area contributed by atoms with E-state index in [-0.39, 0.29) is 0 Å². The number of hydrogen-bond acceptors (Lipinski definition) is 4. The maximum absolute atomic E-state index is 6.65. The van der Waals surface area contributed by atoms with E-state index in [1.807, 2.05) is 30.5 Å². The van der Waals surface area contributed by atoms with Gasteiger partial charge in [-0.25, -0.2) is 4.98 Å². The fourth-order valence-corrected chi connectivity index (χ4v) is 7.78. The molecule has 0 aliphatic heterocycles. The van der Waals surface area contributed by atoms with Crippen LogP contribution >= 0.6 is 0 Å². The number of rotatable bonds is 2. The number of fused-ring (bicyclic) bond motifs is 13. The Morgan fingerprint density at radius 3 is 1.48 bits per heavy atom. The van der Waals surface area contributed by atoms with Crippen LogP contribution in [0, 0.1) is 0 Å². The van der Waals surface area contributed by atoms with Gasteiger partial charge in [-0.05, 0) is 45.3 Å². The average molecular weight is 613 g/mol. The van der Waals surface area contributed by atoms with Crippen LogP contribution < -0.4 is 0 Å². The minimum Gasteiger partial charge on any atom is -0.455 e. The molecule has 0 aliphatic carbocycles. The van der Waals surface area contributed by atoms with Gasteiger partial charge in [0.15, 0.2) is 0 Å². The Labute approximate surface area is 273 Å². The zero-order valence-corrected chi connectivity index (χ0v) is 25.6. The van der Waals surface area contributed by atoms with E-state index in [1.165, 1.54) is 10.8 Å². The highest BCUT2D eigenvalue weighted by Crippen LogP contribution is 2.46. The smallest absolute Gasteiger partial charge is 0.147 e. The van der Waals surface area contributed by atoms with E-state index in [2.05, 4.69) is 115 Å². The summed E-state index contributed by atoms with van der Waals surface area (Å²) in [6.45, 7) is 0. The molecule has 0 atom stereocenters. The predicted octanol–water partition coefficient (Wildman–Crippen LogP) is 12.2. The van der Waals surface area contributed by atoms with Crippen LogP contribution in [0.25, 0.3) is 110 Å². The van der Waals surface area contributed by atoms with Crippen molar-refractivity contribution >= 4 is 87.2 Å². The molecule has 0 bridgehead atoms. The third-order valence-electron chi connectivity index (χ3n) is 9.90. The number of hydrogen-bond donors (Lipinski definition) is 0. The summed E-state index contributed by atoms with van der Waals surface area (Å²) in [5.41, 5.74) is 9.06. The Bertz CT molecular complexity index is 3010. The van der Waals surface area contributed by atoms with Crippen molar-refractivity contribution in [3.63, 3.8) is 0 Å². The first-order valence-corrected chi connectivity index (χ1v) is 16.2. The van der Waals surface area contributed by atoms with E-state index in [0.29, 0.717) is 0 Å². The highest BCUT2D eigenvalue weighted by molar-refractivity contribution is 6.25. The van der Waals surface area contributed by atoms with Gasteiger partial charge in [0.1, 0.15) is 22.3 Å². The summed E-state index contributed by atoms with van der Waals surface area (Å²) in [5.74, 6) is 0. The van der Waals surface area contributed by atoms with Crippen molar-refractivity contribution in [3.05, 3.63) is 146 Å². The first-order chi connectivity index (χ1) is 23.8. The fraction of sp³-hybridized carbons (Fsp3) is 0. The second-order valence-corrected chi connectivity index (χ2v) is 12.5. The molecule has 0 spiro atoms. The molecule has 0 amide bonds. The lowest BCUT2D eigenvalue weighted by molar-refractivity contribution is 0.658. The third-order valence-corrected chi connectivity index (χ3v) is 9.90. The fourth-order valence-electron chi connectivity index (χ4n) is 7.78. The first-order valence-electron chi connectivity index (χ1n) is 16.2. The van der Waals surface area contributed by atoms with Crippen LogP contribution in [0.2, 0.25) is 0 Å². The molecule has 0 radical (unpaired) electrons. The molecule has 48 heavy (non-hydrogen) atoms. The molecular formula is C44H24N2O2. The average Bonchev–Trinajstić information content (AvgIpc) is 3.71. The van der Waals surface area contributed by atoms with Crippen molar-refractivity contribution in [2.45, 2.75) is 0 Å². The van der Waals surface area contributed by atoms with E-state index < -0.39 is 0 Å². The van der Waals surface area contributed by atoms with Gasteiger partial charge >= 0.3 is 0 Å². The number of nitrogens with zero attached hydrogens (tertiary/aromatic N) is 2. The maximum atomic E-state index is 6.65. The molecule has 11 rings (SSSR count). The summed E-state index contributed by atoms with van der Waals surface area (Å²) >= 11 is 0. The Morgan fingerprint density at radius 1 is 0.375 bits per heavy atom. The minimum atomic E-state index is 0.824. The molecule has 0 aliphatic rings. The van der Waals surface area contributed by atoms with Crippen LogP contribution in [-0.2, 0) is 0 Å². The quantitative estimate of drug-likeness (QED) is 0.182. The van der Waals surface area contributed by atoms with Crippen molar-refractivity contribution in [1.29, 1.82) is 0 Å². The van der Waals surface area contributed by atoms with Gasteiger partial charge in [-0.1, -0.05) is 121 Å². The van der Waals surface area contributed by atoms with Gasteiger partial charge in [0, 0.05) is 37.9 Å². The Balaban J connectivity index is 1.22. The van der Waals surface area contributed by atoms with Crippen LogP contribution in [0.1, 0.15) is 0 Å². The number of furan rings is 2. The second kappa shape index (κ2) is 9.50. The molecule has 4 heteroatoms. The summed E-state index contributed by atoms with van der Waals surface area (Å²) < 4.78 is 13.3. The summed E-state index contributed by atoms with van der Waals surface area (Å²) in [4.78, 5) is 10.4. The van der Waals surface area contributed by atoms with Gasteiger partial charge < -0.3 is 8.83 Å². The van der Waals surface area contributed by atoms with Gasteiger partial charge in [-0.15, -0.1) is 0 Å². The lowest BCUT2D eigenvalue weighted by Crippen LogP contribution is -1.93. The normalized spacial score (nSPS) is 12.2. The highest BCUT2D eigenvalue weighted by atomic mass is 16.3. The molecule has 0 fully saturated rings. The molecule has 3 heterocycles. The van der Waals surface area contributed by atoms with Crippen LogP contribution in [-0.4, -0.2) is 9.97 Å². The minimum absolute atomic E-state index is 0.824. The molecule has 0 unspecified atom stereocenters. The van der Waals surface area contributed by atoms with Crippen molar-refractivity contribution < 1.29 is 8.83 Å². The monoisotopic (exact) mass is 612 g/mol. The zero-order chi connectivity index (χ0) is 31.3. The van der Waals surface area contributed by atoms with Crippen LogP contribution in [0.5, 0.6) is 0 Å². The van der Waals surface area contributed by atoms with E-state index in [0.717, 1.165) is 98.8 Å². The summed E-state index contributed by atoms with van der Waals surface area (Å²) in [5, 5.41) is 11.1. The van der Waals surface area contributed by atoms with Gasteiger partial charge in [0.25, 0.3) is 0 Å². The highest BCUT2D eigenvalue weighted by Gasteiger charge is 2.23. The molecule has 11 aromatic rings. The summed E-state index contributed by atoms with van der Waals surface area (Å²) in [7, 11) is 0. The molecule has 0 saturated carbocycles. The number of benzene rings is 8. The standard InChI is InChI=1S/C44H24N2O2/c1-3-15-33-27(11-1)28-12-2-4-16-34(28)42-41(33)45-24-37(46-42)29-19-9-18-26-25(29)17-10-20-32(26)40-43-35(30-13-5-7-21-38(30)47-43)23-36-31-14-6-8-22-39(31)48-44(36)40/h1-24H. The Morgan fingerprint density at radius 2 is 0.854 bits per heavy atom. The third kappa shape index (κ3) is 3.43. The maximum Gasteiger partial charge on any atom is 0.147 e. The second-order valence-electron chi connectivity index (χ2n) is 12.5. The summed E-state index contributed by atoms with van der Waals surface area (Å²) in [6, 6.07) is 48.6. The van der Waals surface area contributed by atoms with Crippen molar-refractivity contribution in [3.8, 4) is 22.4 Å². The number of para-hydroxylation sites is 2. The Kier molecular flexibility index (Phi) is 5.08. The van der Waals surface area contributed by atoms with Gasteiger partial charge in [-0.3, -0.25) is 4.98 Å². The van der Waals surface area contributed by atoms with Crippen LogP contribution in [0.3, 0.4) is 0 Å². The van der Waals surface area contributed by atoms with E-state index in [4.69, 9.17) is 18.8 Å². The van der Waals surface area contributed by atoms with E-state index in [9.17, 15) is 0 Å². The summed E-state index contributed by atoms with van der Waals surface area (Å²) in [6.07, 6.45) is 1.92. The SMILES string of the molecule is c1ccc2c(c1)oc1c(-c3cccc4c(-c5cnc6c7ccccc7c7ccccc7c6n5)cccc34)c3oc4ccccc4c3cc12. The van der Waals surface area contributed by atoms with Crippen molar-refractivity contribution in [2.75, 3.05) is 0 Å². The largest absolute Gasteiger partial charge is 0.455 e. The Hall–Kier alpha value is -6.52. The lowest BCUT2D eigenvalue weighted by atomic mass is 9.92. The molecule has 222 valence electrons. The molecule has 3 aromatic heterocycles. The predicted molar refractivity (Wildman–Crippen MR) is 197 cm³/mol. The van der Waals surface area contributed by atoms with Crippen molar-refractivity contribution in [1.82, 2.24) is 9.97 Å². The van der Waals surface area contributed by atoms with E-state index >= 15 is 0 Å². The van der Waals surface area contributed by atoms with E-state index in [1.54, 1.807) is 0 Å². The van der Waals surface area contributed by atoms with Crippen LogP contribution in [0.15, 0.2) is 155 Å². The lowest BCUT2D eigenvalue weighted by Gasteiger charge is -2.13. The van der Waals surface area contributed by atoms with Crippen molar-refractivity contribution in [2.24, 2.45) is 0 Å². The van der Waals surface area contributed by atoms with Gasteiger partial charge in [-0.2, -0.15) is 0 Å². The number of aromatic nitrogens is 2. The molecule has 0 N–H and O–H groups in total. The molecule has 4 nitrogen and oxygen atoms in total.